The number of alkyl carbamates (subject to hydrolysis) is 1. The monoisotopic (exact) mass is 489 g/mol. The summed E-state index contributed by atoms with van der Waals surface area (Å²) in [4.78, 5) is 52.6. The highest BCUT2D eigenvalue weighted by Crippen LogP contribution is 2.36. The van der Waals surface area contributed by atoms with E-state index in [-0.39, 0.29) is 37.4 Å². The Morgan fingerprint density at radius 2 is 1.80 bits per heavy atom. The van der Waals surface area contributed by atoms with Crippen LogP contribution in [0.3, 0.4) is 0 Å². The lowest BCUT2D eigenvalue weighted by Crippen LogP contribution is -2.53. The third-order valence-corrected chi connectivity index (χ3v) is 5.48. The van der Waals surface area contributed by atoms with Gasteiger partial charge in [-0.25, -0.2) is 4.79 Å². The van der Waals surface area contributed by atoms with Crippen molar-refractivity contribution in [1.29, 1.82) is 0 Å². The molecule has 0 spiro atoms. The Morgan fingerprint density at radius 3 is 2.34 bits per heavy atom. The number of rotatable bonds is 10. The van der Waals surface area contributed by atoms with Crippen LogP contribution in [0.5, 0.6) is 0 Å². The van der Waals surface area contributed by atoms with E-state index in [9.17, 15) is 19.2 Å². The minimum atomic E-state index is -0.902. The van der Waals surface area contributed by atoms with Crippen molar-refractivity contribution in [2.75, 3.05) is 13.2 Å². The van der Waals surface area contributed by atoms with Gasteiger partial charge in [-0.1, -0.05) is 23.8 Å². The molecular formula is C26H39N3O6. The normalized spacial score (nSPS) is 14.9. The number of nitrogens with zero attached hydrogens (tertiary/aromatic N) is 1. The molecule has 2 unspecified atom stereocenters. The summed E-state index contributed by atoms with van der Waals surface area (Å²) >= 11 is 0. The van der Waals surface area contributed by atoms with Gasteiger partial charge in [-0.15, -0.1) is 0 Å². The molecule has 9 nitrogen and oxygen atoms in total. The van der Waals surface area contributed by atoms with Gasteiger partial charge in [0.05, 0.1) is 13.0 Å². The molecule has 3 amide bonds. The Hall–Kier alpha value is -3.10. The number of nitrogens with one attached hydrogen (secondary N) is 2. The molecule has 2 atom stereocenters. The first-order valence-electron chi connectivity index (χ1n) is 12.2. The highest BCUT2D eigenvalue weighted by atomic mass is 16.6. The van der Waals surface area contributed by atoms with Crippen molar-refractivity contribution in [3.05, 3.63) is 34.9 Å². The van der Waals surface area contributed by atoms with Crippen LogP contribution in [-0.4, -0.2) is 59.6 Å². The molecule has 1 aromatic carbocycles. The summed E-state index contributed by atoms with van der Waals surface area (Å²) < 4.78 is 10.2. The Kier molecular flexibility index (Phi) is 9.68. The second kappa shape index (κ2) is 12.0. The summed E-state index contributed by atoms with van der Waals surface area (Å²) in [6.07, 6.45) is 0.869. The van der Waals surface area contributed by atoms with Crippen molar-refractivity contribution >= 4 is 23.9 Å². The standard InChI is InChI=1S/C26H39N3O6/c1-8-34-21(30)13-14-27-23(31)22(20-12-9-16(2)15-17(20)3)29(19-10-11-19)24(32)18(4)28-25(33)35-26(5,6)7/h9,12,15,18-19,22H,8,10-11,13-14H2,1-7H3,(H,27,31)(H,28,33). The summed E-state index contributed by atoms with van der Waals surface area (Å²) in [7, 11) is 0. The van der Waals surface area contributed by atoms with E-state index in [1.54, 1.807) is 39.5 Å². The number of aryl methyl sites for hydroxylation is 2. The van der Waals surface area contributed by atoms with Gasteiger partial charge in [-0.05, 0) is 72.4 Å². The van der Waals surface area contributed by atoms with E-state index in [1.165, 1.54) is 0 Å². The van der Waals surface area contributed by atoms with Crippen LogP contribution >= 0.6 is 0 Å². The molecule has 1 aromatic rings. The number of carbonyl (C=O) groups excluding carboxylic acids is 4. The van der Waals surface area contributed by atoms with Crippen molar-refractivity contribution in [3.63, 3.8) is 0 Å². The molecule has 1 aliphatic rings. The third-order valence-electron chi connectivity index (χ3n) is 5.48. The number of hydrogen-bond donors (Lipinski definition) is 2. The molecule has 1 saturated carbocycles. The fraction of sp³-hybridized carbons (Fsp3) is 0.615. The van der Waals surface area contributed by atoms with Gasteiger partial charge in [0, 0.05) is 12.6 Å². The van der Waals surface area contributed by atoms with E-state index in [0.29, 0.717) is 5.56 Å². The maximum atomic E-state index is 13.6. The minimum absolute atomic E-state index is 0.0349. The largest absolute Gasteiger partial charge is 0.466 e. The molecule has 0 aliphatic heterocycles. The first-order valence-corrected chi connectivity index (χ1v) is 12.2. The van der Waals surface area contributed by atoms with Crippen LogP contribution < -0.4 is 10.6 Å². The van der Waals surface area contributed by atoms with Gasteiger partial charge in [0.25, 0.3) is 0 Å². The predicted octanol–water partition coefficient (Wildman–Crippen LogP) is 3.32. The van der Waals surface area contributed by atoms with Gasteiger partial charge in [-0.3, -0.25) is 14.4 Å². The molecule has 194 valence electrons. The molecule has 0 bridgehead atoms. The molecule has 1 aliphatic carbocycles. The van der Waals surface area contributed by atoms with E-state index >= 15 is 0 Å². The average Bonchev–Trinajstić information content (AvgIpc) is 3.55. The summed E-state index contributed by atoms with van der Waals surface area (Å²) in [6.45, 7) is 12.8. The van der Waals surface area contributed by atoms with Crippen LogP contribution in [0.4, 0.5) is 4.79 Å². The first kappa shape index (κ1) is 28.1. The Bertz CT molecular complexity index is 936. The smallest absolute Gasteiger partial charge is 0.408 e. The number of ether oxygens (including phenoxy) is 2. The number of carbonyl (C=O) groups is 4. The lowest BCUT2D eigenvalue weighted by atomic mass is 9.96. The van der Waals surface area contributed by atoms with Gasteiger partial charge >= 0.3 is 12.1 Å². The van der Waals surface area contributed by atoms with Gasteiger partial charge in [-0.2, -0.15) is 0 Å². The summed E-state index contributed by atoms with van der Waals surface area (Å²) in [5.74, 6) is -1.16. The molecule has 35 heavy (non-hydrogen) atoms. The molecule has 0 aromatic heterocycles. The summed E-state index contributed by atoms with van der Waals surface area (Å²) in [6, 6.07) is 3.80. The Morgan fingerprint density at radius 1 is 1.14 bits per heavy atom. The Labute approximate surface area is 207 Å². The summed E-state index contributed by atoms with van der Waals surface area (Å²) in [5.41, 5.74) is 1.91. The maximum Gasteiger partial charge on any atom is 0.408 e. The van der Waals surface area contributed by atoms with E-state index < -0.39 is 29.7 Å². The highest BCUT2D eigenvalue weighted by Gasteiger charge is 2.43. The zero-order valence-electron chi connectivity index (χ0n) is 21.9. The van der Waals surface area contributed by atoms with Crippen molar-refractivity contribution in [2.45, 2.75) is 91.5 Å². The van der Waals surface area contributed by atoms with Crippen molar-refractivity contribution in [1.82, 2.24) is 15.5 Å². The van der Waals surface area contributed by atoms with Crippen LogP contribution in [0.15, 0.2) is 18.2 Å². The second-order valence-electron chi connectivity index (χ2n) is 9.95. The Balaban J connectivity index is 2.30. The third kappa shape index (κ3) is 8.56. The fourth-order valence-corrected chi connectivity index (χ4v) is 3.81. The van der Waals surface area contributed by atoms with Crippen molar-refractivity contribution in [2.24, 2.45) is 0 Å². The molecule has 9 heteroatoms. The summed E-state index contributed by atoms with van der Waals surface area (Å²) in [5, 5.41) is 5.39. The molecule has 0 saturated heterocycles. The van der Waals surface area contributed by atoms with Gasteiger partial charge < -0.3 is 25.0 Å². The van der Waals surface area contributed by atoms with Crippen LogP contribution in [0.1, 0.15) is 76.6 Å². The SMILES string of the molecule is CCOC(=O)CCNC(=O)C(c1ccc(C)cc1C)N(C(=O)C(C)NC(=O)OC(C)(C)C)C1CC1. The number of benzene rings is 1. The number of hydrogen-bond acceptors (Lipinski definition) is 6. The number of amides is 3. The highest BCUT2D eigenvalue weighted by molar-refractivity contribution is 5.92. The molecule has 2 rings (SSSR count). The van der Waals surface area contributed by atoms with Crippen LogP contribution in [0, 0.1) is 13.8 Å². The molecule has 0 heterocycles. The quantitative estimate of drug-likeness (QED) is 0.488. The van der Waals surface area contributed by atoms with Crippen LogP contribution in [0.25, 0.3) is 0 Å². The molecule has 1 fully saturated rings. The van der Waals surface area contributed by atoms with E-state index in [0.717, 1.165) is 24.0 Å². The van der Waals surface area contributed by atoms with Gasteiger partial charge in [0.2, 0.25) is 11.8 Å². The molecule has 0 radical (unpaired) electrons. The van der Waals surface area contributed by atoms with Crippen LogP contribution in [0.2, 0.25) is 0 Å². The van der Waals surface area contributed by atoms with E-state index in [2.05, 4.69) is 10.6 Å². The van der Waals surface area contributed by atoms with Gasteiger partial charge in [0.1, 0.15) is 17.7 Å². The second-order valence-corrected chi connectivity index (χ2v) is 9.95. The van der Waals surface area contributed by atoms with E-state index in [1.807, 2.05) is 32.0 Å². The lowest BCUT2D eigenvalue weighted by molar-refractivity contribution is -0.144. The average molecular weight is 490 g/mol. The van der Waals surface area contributed by atoms with Crippen LogP contribution in [-0.2, 0) is 23.9 Å². The molecular weight excluding hydrogens is 450 g/mol. The zero-order valence-corrected chi connectivity index (χ0v) is 21.9. The van der Waals surface area contributed by atoms with Gasteiger partial charge in [0.15, 0.2) is 0 Å². The number of esters is 1. The molecule has 2 N–H and O–H groups in total. The predicted molar refractivity (Wildman–Crippen MR) is 132 cm³/mol. The first-order chi connectivity index (χ1) is 16.3. The minimum Gasteiger partial charge on any atom is -0.466 e. The fourth-order valence-electron chi connectivity index (χ4n) is 3.81. The maximum absolute atomic E-state index is 13.6. The van der Waals surface area contributed by atoms with E-state index in [4.69, 9.17) is 9.47 Å². The topological polar surface area (TPSA) is 114 Å². The van der Waals surface area contributed by atoms with Crippen molar-refractivity contribution < 1.29 is 28.7 Å². The van der Waals surface area contributed by atoms with Crippen molar-refractivity contribution in [3.8, 4) is 0 Å². The zero-order chi connectivity index (χ0) is 26.3. The lowest BCUT2D eigenvalue weighted by Gasteiger charge is -2.34.